The van der Waals surface area contributed by atoms with E-state index in [0.29, 0.717) is 6.10 Å². The number of Topliss-reactive ketones (excluding diaryl/α,β-unsaturated/α-hetero) is 1. The van der Waals surface area contributed by atoms with Crippen LogP contribution in [0.2, 0.25) is 0 Å². The van der Waals surface area contributed by atoms with Gasteiger partial charge < -0.3 is 4.74 Å². The quantitative estimate of drug-likeness (QED) is 0.726. The third-order valence-corrected chi connectivity index (χ3v) is 3.15. The lowest BCUT2D eigenvalue weighted by atomic mass is 9.93. The van der Waals surface area contributed by atoms with E-state index in [1.807, 2.05) is 37.3 Å². The number of hydrogen-bond acceptors (Lipinski definition) is 2. The molecule has 2 nitrogen and oxygen atoms in total. The lowest BCUT2D eigenvalue weighted by molar-refractivity contribution is 0.0747. The van der Waals surface area contributed by atoms with Crippen molar-refractivity contribution in [2.24, 2.45) is 5.92 Å². The smallest absolute Gasteiger partial charge is 0.165 e. The third kappa shape index (κ3) is 2.70. The second-order valence-corrected chi connectivity index (χ2v) is 4.50. The first kappa shape index (κ1) is 11.3. The number of benzene rings is 1. The molecule has 0 N–H and O–H groups in total. The Balaban J connectivity index is 1.94. The van der Waals surface area contributed by atoms with E-state index < -0.39 is 0 Å². The molecule has 0 aliphatic carbocycles. The molecule has 1 aromatic rings. The first-order valence-electron chi connectivity index (χ1n) is 5.98. The summed E-state index contributed by atoms with van der Waals surface area (Å²) in [6.45, 7) is 2.86. The Kier molecular flexibility index (Phi) is 3.73. The number of rotatable bonds is 4. The van der Waals surface area contributed by atoms with Gasteiger partial charge in [0.15, 0.2) is 5.78 Å². The van der Waals surface area contributed by atoms with Crippen molar-refractivity contribution in [2.45, 2.75) is 32.3 Å². The van der Waals surface area contributed by atoms with Crippen molar-refractivity contribution in [1.82, 2.24) is 0 Å². The van der Waals surface area contributed by atoms with Crippen LogP contribution >= 0.6 is 0 Å². The van der Waals surface area contributed by atoms with Crippen LogP contribution in [0, 0.1) is 5.92 Å². The zero-order valence-electron chi connectivity index (χ0n) is 9.69. The highest BCUT2D eigenvalue weighted by Gasteiger charge is 2.22. The topological polar surface area (TPSA) is 26.3 Å². The van der Waals surface area contributed by atoms with Crippen molar-refractivity contribution in [3.63, 3.8) is 0 Å². The van der Waals surface area contributed by atoms with Gasteiger partial charge in [-0.2, -0.15) is 0 Å². The predicted molar refractivity (Wildman–Crippen MR) is 63.5 cm³/mol. The molecule has 0 amide bonds. The summed E-state index contributed by atoms with van der Waals surface area (Å²) < 4.78 is 5.56. The predicted octanol–water partition coefficient (Wildman–Crippen LogP) is 3.07. The van der Waals surface area contributed by atoms with Crippen LogP contribution in [-0.2, 0) is 4.74 Å². The Labute approximate surface area is 96.6 Å². The van der Waals surface area contributed by atoms with E-state index in [1.165, 1.54) is 0 Å². The van der Waals surface area contributed by atoms with Crippen molar-refractivity contribution in [1.29, 1.82) is 0 Å². The average molecular weight is 218 g/mol. The molecule has 1 saturated heterocycles. The fourth-order valence-electron chi connectivity index (χ4n) is 2.22. The van der Waals surface area contributed by atoms with E-state index in [-0.39, 0.29) is 11.7 Å². The molecule has 0 spiro atoms. The minimum atomic E-state index is 0.0606. The van der Waals surface area contributed by atoms with E-state index >= 15 is 0 Å². The molecule has 1 aliphatic rings. The summed E-state index contributed by atoms with van der Waals surface area (Å²) in [5.41, 5.74) is 0.813. The summed E-state index contributed by atoms with van der Waals surface area (Å²) in [6, 6.07) is 9.52. The van der Waals surface area contributed by atoms with Crippen LogP contribution in [0.5, 0.6) is 0 Å². The molecule has 0 bridgehead atoms. The zero-order valence-corrected chi connectivity index (χ0v) is 9.69. The van der Waals surface area contributed by atoms with Crippen molar-refractivity contribution in [3.8, 4) is 0 Å². The maximum atomic E-state index is 12.1. The molecule has 2 atom stereocenters. The molecule has 0 radical (unpaired) electrons. The minimum Gasteiger partial charge on any atom is -0.378 e. The second-order valence-electron chi connectivity index (χ2n) is 4.50. The standard InChI is InChI=1S/C14H18O2/c1-11(10-13-8-5-9-16-13)14(15)12-6-3-2-4-7-12/h2-4,6-7,11,13H,5,8-10H2,1H3. The molecule has 0 aromatic heterocycles. The van der Waals surface area contributed by atoms with Gasteiger partial charge in [0, 0.05) is 18.1 Å². The molecule has 2 rings (SSSR count). The third-order valence-electron chi connectivity index (χ3n) is 3.15. The van der Waals surface area contributed by atoms with Crippen LogP contribution in [0.25, 0.3) is 0 Å². The highest BCUT2D eigenvalue weighted by atomic mass is 16.5. The maximum absolute atomic E-state index is 12.1. The van der Waals surface area contributed by atoms with Gasteiger partial charge in [-0.3, -0.25) is 4.79 Å². The molecule has 0 saturated carbocycles. The van der Waals surface area contributed by atoms with Crippen LogP contribution in [0.4, 0.5) is 0 Å². The van der Waals surface area contributed by atoms with E-state index in [1.54, 1.807) is 0 Å². The van der Waals surface area contributed by atoms with Crippen LogP contribution < -0.4 is 0 Å². The fraction of sp³-hybridized carbons (Fsp3) is 0.500. The largest absolute Gasteiger partial charge is 0.378 e. The van der Waals surface area contributed by atoms with Gasteiger partial charge in [-0.15, -0.1) is 0 Å². The monoisotopic (exact) mass is 218 g/mol. The molecular weight excluding hydrogens is 200 g/mol. The summed E-state index contributed by atoms with van der Waals surface area (Å²) in [6.07, 6.45) is 3.39. The van der Waals surface area contributed by atoms with E-state index in [2.05, 4.69) is 0 Å². The first-order valence-corrected chi connectivity index (χ1v) is 5.98. The van der Waals surface area contributed by atoms with Gasteiger partial charge >= 0.3 is 0 Å². The second kappa shape index (κ2) is 5.26. The van der Waals surface area contributed by atoms with E-state index in [9.17, 15) is 4.79 Å². The average Bonchev–Trinajstić information content (AvgIpc) is 2.82. The maximum Gasteiger partial charge on any atom is 0.165 e. The molecule has 16 heavy (non-hydrogen) atoms. The molecule has 1 aromatic carbocycles. The molecule has 2 heteroatoms. The zero-order chi connectivity index (χ0) is 11.4. The van der Waals surface area contributed by atoms with Crippen LogP contribution in [0.15, 0.2) is 30.3 Å². The number of hydrogen-bond donors (Lipinski definition) is 0. The fourth-order valence-corrected chi connectivity index (χ4v) is 2.22. The van der Waals surface area contributed by atoms with Gasteiger partial charge in [-0.05, 0) is 19.3 Å². The van der Waals surface area contributed by atoms with E-state index in [4.69, 9.17) is 4.74 Å². The SMILES string of the molecule is CC(CC1CCCO1)C(=O)c1ccccc1. The first-order chi connectivity index (χ1) is 7.77. The number of carbonyl (C=O) groups excluding carboxylic acids is 1. The number of carbonyl (C=O) groups is 1. The Morgan fingerprint density at radius 2 is 2.19 bits per heavy atom. The van der Waals surface area contributed by atoms with Gasteiger partial charge in [0.2, 0.25) is 0 Å². The van der Waals surface area contributed by atoms with Gasteiger partial charge in [-0.25, -0.2) is 0 Å². The summed E-state index contributed by atoms with van der Waals surface area (Å²) in [5.74, 6) is 0.293. The highest BCUT2D eigenvalue weighted by Crippen LogP contribution is 2.22. The van der Waals surface area contributed by atoms with Crippen LogP contribution in [-0.4, -0.2) is 18.5 Å². The highest BCUT2D eigenvalue weighted by molar-refractivity contribution is 5.97. The number of ether oxygens (including phenoxy) is 1. The van der Waals surface area contributed by atoms with Crippen molar-refractivity contribution in [3.05, 3.63) is 35.9 Å². The lowest BCUT2D eigenvalue weighted by Gasteiger charge is -2.15. The van der Waals surface area contributed by atoms with Gasteiger partial charge in [0.05, 0.1) is 6.10 Å². The Morgan fingerprint density at radius 3 is 2.81 bits per heavy atom. The molecule has 1 heterocycles. The van der Waals surface area contributed by atoms with Gasteiger partial charge in [0.25, 0.3) is 0 Å². The molecule has 1 fully saturated rings. The van der Waals surface area contributed by atoms with Gasteiger partial charge in [-0.1, -0.05) is 37.3 Å². The minimum absolute atomic E-state index is 0.0606. The molecule has 2 unspecified atom stereocenters. The normalized spacial score (nSPS) is 21.9. The van der Waals surface area contributed by atoms with Crippen molar-refractivity contribution < 1.29 is 9.53 Å². The summed E-state index contributed by atoms with van der Waals surface area (Å²) >= 11 is 0. The number of ketones is 1. The molecule has 86 valence electrons. The summed E-state index contributed by atoms with van der Waals surface area (Å²) in [4.78, 5) is 12.1. The van der Waals surface area contributed by atoms with Crippen molar-refractivity contribution >= 4 is 5.78 Å². The summed E-state index contributed by atoms with van der Waals surface area (Å²) in [7, 11) is 0. The Morgan fingerprint density at radius 1 is 1.44 bits per heavy atom. The Hall–Kier alpha value is -1.15. The summed E-state index contributed by atoms with van der Waals surface area (Å²) in [5, 5.41) is 0. The molecule has 1 aliphatic heterocycles. The van der Waals surface area contributed by atoms with Crippen LogP contribution in [0.1, 0.15) is 36.5 Å². The van der Waals surface area contributed by atoms with E-state index in [0.717, 1.165) is 31.4 Å². The van der Waals surface area contributed by atoms with Crippen LogP contribution in [0.3, 0.4) is 0 Å². The lowest BCUT2D eigenvalue weighted by Crippen LogP contribution is -2.18. The Bertz CT molecular complexity index is 339. The van der Waals surface area contributed by atoms with Gasteiger partial charge in [0.1, 0.15) is 0 Å². The molecular formula is C14H18O2. The van der Waals surface area contributed by atoms with Crippen molar-refractivity contribution in [2.75, 3.05) is 6.61 Å².